The minimum Gasteiger partial charge on any atom is -0.508 e. The van der Waals surface area contributed by atoms with Gasteiger partial charge in [0.1, 0.15) is 5.75 Å². The number of aromatic hydroxyl groups is 1. The van der Waals surface area contributed by atoms with Crippen LogP contribution in [0.4, 0.5) is 0 Å². The average Bonchev–Trinajstić information content (AvgIpc) is 3.10. The molecule has 1 aromatic rings. The number of aliphatic hydroxyl groups is 1. The zero-order valence-electron chi connectivity index (χ0n) is 20.5. The molecule has 0 aromatic heterocycles. The van der Waals surface area contributed by atoms with E-state index in [1.807, 2.05) is 12.1 Å². The zero-order chi connectivity index (χ0) is 23.0. The number of hydrogen-bond donors (Lipinski definition) is 2. The van der Waals surface area contributed by atoms with E-state index in [0.29, 0.717) is 23.5 Å². The van der Waals surface area contributed by atoms with Crippen LogP contribution in [0.1, 0.15) is 83.6 Å². The molecule has 180 valence electrons. The monoisotopic (exact) mass is 452 g/mol. The fourth-order valence-electron chi connectivity index (χ4n) is 8.38. The van der Waals surface area contributed by atoms with Gasteiger partial charge >= 0.3 is 0 Å². The lowest BCUT2D eigenvalue weighted by atomic mass is 9.49. The van der Waals surface area contributed by atoms with Crippen LogP contribution in [0.3, 0.4) is 0 Å². The fraction of sp³-hybridized carbons (Fsp3) is 0.724. The lowest BCUT2D eigenvalue weighted by molar-refractivity contribution is -0.303. The van der Waals surface area contributed by atoms with Crippen molar-refractivity contribution in [3.63, 3.8) is 0 Å². The van der Waals surface area contributed by atoms with Crippen LogP contribution in [0, 0.1) is 28.6 Å². The number of phenolic OH excluding ortho intramolecular Hbond substituents is 1. The van der Waals surface area contributed by atoms with E-state index in [2.05, 4.69) is 32.9 Å². The Morgan fingerprint density at radius 3 is 2.48 bits per heavy atom. The molecule has 4 nitrogen and oxygen atoms in total. The molecule has 1 saturated heterocycles. The predicted molar refractivity (Wildman–Crippen MR) is 128 cm³/mol. The molecule has 1 aromatic carbocycles. The molecule has 1 heterocycles. The van der Waals surface area contributed by atoms with E-state index in [-0.39, 0.29) is 22.9 Å². The van der Waals surface area contributed by atoms with Crippen LogP contribution in [0.5, 0.6) is 5.75 Å². The summed E-state index contributed by atoms with van der Waals surface area (Å²) in [5, 5.41) is 21.9. The highest BCUT2D eigenvalue weighted by atomic mass is 16.7. The number of ether oxygens (including phenoxy) is 2. The molecule has 0 amide bonds. The van der Waals surface area contributed by atoms with E-state index >= 15 is 0 Å². The SMILES string of the molecule is CC1(C)COC2(CCC3=C(CC[C@@H]4[C@@H]3[C@@H](c3ccccc3O)C[C@]3(C)[C@@H](O)CC[C@@H]43)C2)OC1. The van der Waals surface area contributed by atoms with Gasteiger partial charge in [0.05, 0.1) is 19.3 Å². The first-order valence-electron chi connectivity index (χ1n) is 13.2. The van der Waals surface area contributed by atoms with Gasteiger partial charge in [0.15, 0.2) is 5.79 Å². The van der Waals surface area contributed by atoms with Crippen LogP contribution in [-0.4, -0.2) is 35.3 Å². The first-order valence-corrected chi connectivity index (χ1v) is 13.2. The molecule has 0 unspecified atom stereocenters. The number of rotatable bonds is 1. The third-order valence-electron chi connectivity index (χ3n) is 10.1. The van der Waals surface area contributed by atoms with E-state index < -0.39 is 5.79 Å². The molecule has 0 radical (unpaired) electrons. The Morgan fingerprint density at radius 2 is 1.73 bits per heavy atom. The zero-order valence-corrected chi connectivity index (χ0v) is 20.5. The Balaban J connectivity index is 1.38. The first kappa shape index (κ1) is 22.1. The molecule has 1 aliphatic heterocycles. The van der Waals surface area contributed by atoms with Gasteiger partial charge in [0.25, 0.3) is 0 Å². The molecule has 33 heavy (non-hydrogen) atoms. The van der Waals surface area contributed by atoms with Crippen molar-refractivity contribution in [3.8, 4) is 5.75 Å². The van der Waals surface area contributed by atoms with Crippen molar-refractivity contribution in [1.29, 1.82) is 0 Å². The smallest absolute Gasteiger partial charge is 0.172 e. The highest BCUT2D eigenvalue weighted by Crippen LogP contribution is 2.66. The second-order valence-electron chi connectivity index (χ2n) is 12.8. The molecule has 2 N–H and O–H groups in total. The lowest BCUT2D eigenvalue weighted by Gasteiger charge is -2.56. The van der Waals surface area contributed by atoms with E-state index in [9.17, 15) is 10.2 Å². The molecule has 6 atom stereocenters. The van der Waals surface area contributed by atoms with Crippen molar-refractivity contribution in [1.82, 2.24) is 0 Å². The van der Waals surface area contributed by atoms with Crippen LogP contribution < -0.4 is 0 Å². The summed E-state index contributed by atoms with van der Waals surface area (Å²) in [6.07, 6.45) is 7.97. The molecule has 0 bridgehead atoms. The van der Waals surface area contributed by atoms with Gasteiger partial charge in [-0.25, -0.2) is 0 Å². The Morgan fingerprint density at radius 1 is 0.970 bits per heavy atom. The standard InChI is InChI=1S/C29H40O4/c1-27(2)16-32-29(33-17-27)13-12-19-18(14-29)8-9-21-23-10-11-25(31)28(23,3)15-22(26(19)21)20-6-4-5-7-24(20)30/h4-7,21-23,25-26,30-31H,8-17H2,1-3H3/t21-,22+,23-,25-,26+,28-/m0/s1. The molecular weight excluding hydrogens is 412 g/mol. The number of phenols is 1. The van der Waals surface area contributed by atoms with Crippen LogP contribution in [-0.2, 0) is 9.47 Å². The average molecular weight is 453 g/mol. The van der Waals surface area contributed by atoms with Crippen LogP contribution >= 0.6 is 0 Å². The van der Waals surface area contributed by atoms with E-state index in [1.165, 1.54) is 6.42 Å². The number of hydrogen-bond acceptors (Lipinski definition) is 4. The number of allylic oxidation sites excluding steroid dienone is 1. The molecule has 3 fully saturated rings. The minimum atomic E-state index is -0.432. The molecule has 5 aliphatic rings. The second-order valence-corrected chi connectivity index (χ2v) is 12.8. The van der Waals surface area contributed by atoms with Gasteiger partial charge in [-0.15, -0.1) is 0 Å². The summed E-state index contributed by atoms with van der Waals surface area (Å²) in [5.41, 5.74) is 4.30. The Labute approximate surface area is 198 Å². The highest BCUT2D eigenvalue weighted by molar-refractivity contribution is 5.40. The van der Waals surface area contributed by atoms with E-state index in [4.69, 9.17) is 9.47 Å². The van der Waals surface area contributed by atoms with Gasteiger partial charge in [-0.2, -0.15) is 0 Å². The summed E-state index contributed by atoms with van der Waals surface area (Å²) >= 11 is 0. The van der Waals surface area contributed by atoms with Gasteiger partial charge in [-0.05, 0) is 79.2 Å². The highest BCUT2D eigenvalue weighted by Gasteiger charge is 2.59. The van der Waals surface area contributed by atoms with Crippen molar-refractivity contribution >= 4 is 0 Å². The Bertz CT molecular complexity index is 954. The molecule has 4 aliphatic carbocycles. The third kappa shape index (κ3) is 3.43. The summed E-state index contributed by atoms with van der Waals surface area (Å²) in [6.45, 7) is 8.28. The van der Waals surface area contributed by atoms with Crippen molar-refractivity contribution in [2.24, 2.45) is 28.6 Å². The first-order chi connectivity index (χ1) is 15.7. The van der Waals surface area contributed by atoms with Crippen molar-refractivity contribution in [3.05, 3.63) is 41.0 Å². The van der Waals surface area contributed by atoms with Gasteiger partial charge in [-0.3, -0.25) is 0 Å². The summed E-state index contributed by atoms with van der Waals surface area (Å²) in [5.74, 6) is 1.87. The summed E-state index contributed by atoms with van der Waals surface area (Å²) < 4.78 is 12.8. The number of fused-ring (bicyclic) bond motifs is 4. The van der Waals surface area contributed by atoms with Crippen molar-refractivity contribution in [2.75, 3.05) is 13.2 Å². The van der Waals surface area contributed by atoms with Crippen molar-refractivity contribution in [2.45, 2.75) is 89.9 Å². The molecule has 1 spiro atoms. The summed E-state index contributed by atoms with van der Waals surface area (Å²) in [4.78, 5) is 0. The Kier molecular flexibility index (Phi) is 5.07. The van der Waals surface area contributed by atoms with Crippen LogP contribution in [0.25, 0.3) is 0 Å². The number of aliphatic hydroxyl groups excluding tert-OH is 1. The van der Waals surface area contributed by atoms with Crippen LogP contribution in [0.2, 0.25) is 0 Å². The maximum absolute atomic E-state index is 11.0. The summed E-state index contributed by atoms with van der Waals surface area (Å²) in [6, 6.07) is 7.94. The third-order valence-corrected chi connectivity index (χ3v) is 10.1. The molecular formula is C29H40O4. The van der Waals surface area contributed by atoms with Crippen molar-refractivity contribution < 1.29 is 19.7 Å². The van der Waals surface area contributed by atoms with Gasteiger partial charge < -0.3 is 19.7 Å². The maximum Gasteiger partial charge on any atom is 0.172 e. The fourth-order valence-corrected chi connectivity index (χ4v) is 8.38. The summed E-state index contributed by atoms with van der Waals surface area (Å²) in [7, 11) is 0. The van der Waals surface area contributed by atoms with Gasteiger partial charge in [0.2, 0.25) is 0 Å². The second kappa shape index (κ2) is 7.57. The topological polar surface area (TPSA) is 58.9 Å². The minimum absolute atomic E-state index is 0.0523. The molecule has 2 saturated carbocycles. The molecule has 6 rings (SSSR count). The lowest BCUT2D eigenvalue weighted by Crippen LogP contribution is -2.52. The maximum atomic E-state index is 11.0. The van der Waals surface area contributed by atoms with E-state index in [0.717, 1.165) is 63.7 Å². The predicted octanol–water partition coefficient (Wildman–Crippen LogP) is 5.93. The largest absolute Gasteiger partial charge is 0.508 e. The van der Waals surface area contributed by atoms with Gasteiger partial charge in [0, 0.05) is 18.3 Å². The number of benzene rings is 1. The van der Waals surface area contributed by atoms with Gasteiger partial charge in [-0.1, -0.05) is 50.1 Å². The Hall–Kier alpha value is -1.36. The normalized spacial score (nSPS) is 41.4. The van der Waals surface area contributed by atoms with Crippen LogP contribution in [0.15, 0.2) is 35.4 Å². The quantitative estimate of drug-likeness (QED) is 0.518. The number of para-hydroxylation sites is 1. The van der Waals surface area contributed by atoms with E-state index in [1.54, 1.807) is 11.1 Å². The molecule has 4 heteroatoms.